The molecule has 1 aromatic rings. The van der Waals surface area contributed by atoms with Crippen molar-refractivity contribution in [1.82, 2.24) is 5.43 Å². The first-order valence-corrected chi connectivity index (χ1v) is 5.34. The van der Waals surface area contributed by atoms with Gasteiger partial charge in [-0.1, -0.05) is 36.4 Å². The molecule has 0 heterocycles. The van der Waals surface area contributed by atoms with Crippen LogP contribution in [0.25, 0.3) is 5.57 Å². The fourth-order valence-corrected chi connectivity index (χ4v) is 1.23. The van der Waals surface area contributed by atoms with Gasteiger partial charge in [0.15, 0.2) is 0 Å². The first-order chi connectivity index (χ1) is 8.11. The van der Waals surface area contributed by atoms with E-state index in [0.29, 0.717) is 6.54 Å². The van der Waals surface area contributed by atoms with Gasteiger partial charge in [0.2, 0.25) is 0 Å². The normalized spacial score (nSPS) is 12.4. The van der Waals surface area contributed by atoms with Crippen molar-refractivity contribution in [2.75, 3.05) is 6.54 Å². The monoisotopic (exact) mass is 232 g/mol. The lowest BCUT2D eigenvalue weighted by Gasteiger charge is -2.01. The Balaban J connectivity index is 2.50. The summed E-state index contributed by atoms with van der Waals surface area (Å²) < 4.78 is 0. The Labute approximate surface area is 101 Å². The number of carboxylic acid groups (broad SMARTS) is 1. The van der Waals surface area contributed by atoms with Gasteiger partial charge in [0.25, 0.3) is 0 Å². The number of rotatable bonds is 5. The fraction of sp³-hybridized carbons (Fsp3) is 0.231. The van der Waals surface area contributed by atoms with E-state index in [1.54, 1.807) is 0 Å². The number of hydrogen-bond donors (Lipinski definition) is 2. The van der Waals surface area contributed by atoms with Crippen LogP contribution >= 0.6 is 0 Å². The van der Waals surface area contributed by atoms with Crippen LogP contribution in [-0.4, -0.2) is 23.3 Å². The minimum Gasteiger partial charge on any atom is -0.477 e. The van der Waals surface area contributed by atoms with Gasteiger partial charge < -0.3 is 10.5 Å². The number of hydrazone groups is 1. The standard InChI is InChI=1S/C13H16N2O2/c1-10(12-6-4-3-5-7-12)8-9-14-15-11(2)13(16)17/h3-8,14H,9H2,1-2H3,(H,16,17)/b10-8?,15-11+. The molecule has 0 aromatic heterocycles. The molecular formula is C13H16N2O2. The number of nitrogens with zero attached hydrogens (tertiary/aromatic N) is 1. The molecule has 0 saturated heterocycles. The predicted molar refractivity (Wildman–Crippen MR) is 68.8 cm³/mol. The summed E-state index contributed by atoms with van der Waals surface area (Å²) in [6.07, 6.45) is 1.97. The van der Waals surface area contributed by atoms with Crippen molar-refractivity contribution >= 4 is 17.3 Å². The van der Waals surface area contributed by atoms with Crippen LogP contribution in [0.3, 0.4) is 0 Å². The third kappa shape index (κ3) is 4.51. The number of carbonyl (C=O) groups is 1. The van der Waals surface area contributed by atoms with Crippen LogP contribution in [0, 0.1) is 0 Å². The molecule has 90 valence electrons. The first-order valence-electron chi connectivity index (χ1n) is 5.34. The molecule has 0 unspecified atom stereocenters. The number of aliphatic carboxylic acids is 1. The lowest BCUT2D eigenvalue weighted by molar-refractivity contribution is -0.129. The van der Waals surface area contributed by atoms with Gasteiger partial charge in [-0.15, -0.1) is 0 Å². The summed E-state index contributed by atoms with van der Waals surface area (Å²) in [4.78, 5) is 10.5. The van der Waals surface area contributed by atoms with E-state index < -0.39 is 5.97 Å². The molecule has 1 aromatic carbocycles. The molecule has 0 aliphatic carbocycles. The Morgan fingerprint density at radius 1 is 1.35 bits per heavy atom. The highest BCUT2D eigenvalue weighted by molar-refractivity contribution is 6.34. The molecule has 2 N–H and O–H groups in total. The molecule has 0 atom stereocenters. The molecule has 0 saturated carbocycles. The maximum absolute atomic E-state index is 10.5. The largest absolute Gasteiger partial charge is 0.477 e. The topological polar surface area (TPSA) is 61.7 Å². The molecule has 0 amide bonds. The number of benzene rings is 1. The minimum atomic E-state index is -1.01. The number of carboxylic acids is 1. The van der Waals surface area contributed by atoms with Crippen molar-refractivity contribution < 1.29 is 9.90 Å². The lowest BCUT2D eigenvalue weighted by atomic mass is 10.1. The summed E-state index contributed by atoms with van der Waals surface area (Å²) in [5, 5.41) is 12.3. The summed E-state index contributed by atoms with van der Waals surface area (Å²) in [5.74, 6) is -1.01. The minimum absolute atomic E-state index is 0.0516. The van der Waals surface area contributed by atoms with Crippen molar-refractivity contribution in [3.8, 4) is 0 Å². The zero-order valence-electron chi connectivity index (χ0n) is 9.97. The molecule has 0 spiro atoms. The smallest absolute Gasteiger partial charge is 0.351 e. The van der Waals surface area contributed by atoms with E-state index in [-0.39, 0.29) is 5.71 Å². The Morgan fingerprint density at radius 2 is 2.00 bits per heavy atom. The van der Waals surface area contributed by atoms with Gasteiger partial charge >= 0.3 is 5.97 Å². The molecule has 1 rings (SSSR count). The van der Waals surface area contributed by atoms with Crippen LogP contribution < -0.4 is 5.43 Å². The second-order valence-corrected chi connectivity index (χ2v) is 3.62. The number of hydrogen-bond acceptors (Lipinski definition) is 3. The van der Waals surface area contributed by atoms with Crippen LogP contribution in [0.1, 0.15) is 19.4 Å². The van der Waals surface area contributed by atoms with Gasteiger partial charge in [0, 0.05) is 0 Å². The summed E-state index contributed by atoms with van der Waals surface area (Å²) in [6, 6.07) is 9.98. The van der Waals surface area contributed by atoms with Crippen LogP contribution in [0.15, 0.2) is 41.5 Å². The van der Waals surface area contributed by atoms with E-state index in [0.717, 1.165) is 11.1 Å². The van der Waals surface area contributed by atoms with Crippen LogP contribution in [0.4, 0.5) is 0 Å². The third-order valence-corrected chi connectivity index (χ3v) is 2.28. The van der Waals surface area contributed by atoms with Gasteiger partial charge in [0.1, 0.15) is 5.71 Å². The van der Waals surface area contributed by atoms with Gasteiger partial charge in [0.05, 0.1) is 6.54 Å². The first kappa shape index (κ1) is 13.0. The van der Waals surface area contributed by atoms with Gasteiger partial charge in [-0.2, -0.15) is 5.10 Å². The maximum atomic E-state index is 10.5. The van der Waals surface area contributed by atoms with Crippen molar-refractivity contribution in [2.24, 2.45) is 5.10 Å². The SMILES string of the molecule is CC(=CCN/N=C(\C)C(=O)O)c1ccccc1. The van der Waals surface area contributed by atoms with Gasteiger partial charge in [-0.05, 0) is 25.0 Å². The van der Waals surface area contributed by atoms with Crippen LogP contribution in [-0.2, 0) is 4.79 Å². The molecule has 0 radical (unpaired) electrons. The Kier molecular flexibility index (Phi) is 4.94. The second-order valence-electron chi connectivity index (χ2n) is 3.62. The molecule has 0 fully saturated rings. The quantitative estimate of drug-likeness (QED) is 0.464. The second kappa shape index (κ2) is 6.48. The molecule has 4 heteroatoms. The molecule has 4 nitrogen and oxygen atoms in total. The Bertz CT molecular complexity index is 436. The maximum Gasteiger partial charge on any atom is 0.351 e. The van der Waals surface area contributed by atoms with Crippen molar-refractivity contribution in [1.29, 1.82) is 0 Å². The summed E-state index contributed by atoms with van der Waals surface area (Å²) in [7, 11) is 0. The highest BCUT2D eigenvalue weighted by atomic mass is 16.4. The van der Waals surface area contributed by atoms with E-state index in [4.69, 9.17) is 5.11 Å². The fourth-order valence-electron chi connectivity index (χ4n) is 1.23. The van der Waals surface area contributed by atoms with E-state index in [2.05, 4.69) is 10.5 Å². The third-order valence-electron chi connectivity index (χ3n) is 2.28. The number of allylic oxidation sites excluding steroid dienone is 1. The number of nitrogens with one attached hydrogen (secondary N) is 1. The highest BCUT2D eigenvalue weighted by Gasteiger charge is 1.99. The zero-order chi connectivity index (χ0) is 12.7. The average Bonchev–Trinajstić information content (AvgIpc) is 2.35. The molecular weight excluding hydrogens is 216 g/mol. The molecule has 17 heavy (non-hydrogen) atoms. The van der Waals surface area contributed by atoms with Crippen LogP contribution in [0.2, 0.25) is 0 Å². The van der Waals surface area contributed by atoms with Crippen molar-refractivity contribution in [2.45, 2.75) is 13.8 Å². The highest BCUT2D eigenvalue weighted by Crippen LogP contribution is 2.11. The Morgan fingerprint density at radius 3 is 2.59 bits per heavy atom. The van der Waals surface area contributed by atoms with Crippen LogP contribution in [0.5, 0.6) is 0 Å². The molecule has 0 aliphatic rings. The zero-order valence-corrected chi connectivity index (χ0v) is 9.97. The molecule has 0 aliphatic heterocycles. The van der Waals surface area contributed by atoms with E-state index in [9.17, 15) is 4.79 Å². The Hall–Kier alpha value is -2.10. The summed E-state index contributed by atoms with van der Waals surface area (Å²) in [5.41, 5.74) is 5.02. The average molecular weight is 232 g/mol. The van der Waals surface area contributed by atoms with E-state index in [1.165, 1.54) is 6.92 Å². The van der Waals surface area contributed by atoms with Gasteiger partial charge in [-0.25, -0.2) is 4.79 Å². The lowest BCUT2D eigenvalue weighted by Crippen LogP contribution is -2.15. The molecule has 0 bridgehead atoms. The van der Waals surface area contributed by atoms with Crippen molar-refractivity contribution in [3.05, 3.63) is 42.0 Å². The summed E-state index contributed by atoms with van der Waals surface area (Å²) in [6.45, 7) is 3.96. The summed E-state index contributed by atoms with van der Waals surface area (Å²) >= 11 is 0. The van der Waals surface area contributed by atoms with Crippen molar-refractivity contribution in [3.63, 3.8) is 0 Å². The van der Waals surface area contributed by atoms with E-state index in [1.807, 2.05) is 43.3 Å². The van der Waals surface area contributed by atoms with E-state index >= 15 is 0 Å². The van der Waals surface area contributed by atoms with Gasteiger partial charge in [-0.3, -0.25) is 0 Å². The predicted octanol–water partition coefficient (Wildman–Crippen LogP) is 2.14.